The molecule has 1 aliphatic carbocycles. The van der Waals surface area contributed by atoms with Crippen molar-refractivity contribution in [1.82, 2.24) is 25.5 Å². The largest absolute Gasteiger partial charge is 0.696 e. The van der Waals surface area contributed by atoms with E-state index in [9.17, 15) is 18.9 Å². The van der Waals surface area contributed by atoms with Crippen molar-refractivity contribution < 1.29 is 28.4 Å². The Morgan fingerprint density at radius 3 is 2.60 bits per heavy atom. The molecule has 3 rings (SSSR count). The van der Waals surface area contributed by atoms with Gasteiger partial charge in [0.2, 0.25) is 11.8 Å². The molecule has 0 bridgehead atoms. The maximum absolute atomic E-state index is 14.0. The number of nitrogens with zero attached hydrogens (tertiary/aromatic N) is 3. The van der Waals surface area contributed by atoms with E-state index in [0.717, 1.165) is 19.3 Å². The van der Waals surface area contributed by atoms with Gasteiger partial charge in [0.15, 0.2) is 6.23 Å². The Morgan fingerprint density at radius 1 is 1.26 bits per heavy atom. The summed E-state index contributed by atoms with van der Waals surface area (Å²) < 4.78 is 16.2. The second-order valence-corrected chi connectivity index (χ2v) is 10.9. The van der Waals surface area contributed by atoms with Crippen LogP contribution in [-0.4, -0.2) is 61.8 Å². The van der Waals surface area contributed by atoms with Crippen molar-refractivity contribution in [2.24, 2.45) is 11.3 Å². The number of hydrogen-bond acceptors (Lipinski definition) is 7. The van der Waals surface area contributed by atoms with Gasteiger partial charge in [-0.2, -0.15) is 0 Å². The van der Waals surface area contributed by atoms with E-state index in [0.29, 0.717) is 19.3 Å². The van der Waals surface area contributed by atoms with Gasteiger partial charge in [0, 0.05) is 23.0 Å². The van der Waals surface area contributed by atoms with Crippen LogP contribution in [0.2, 0.25) is 0 Å². The summed E-state index contributed by atoms with van der Waals surface area (Å²) in [7, 11) is -2.89. The van der Waals surface area contributed by atoms with Gasteiger partial charge in [0.25, 0.3) is 5.91 Å². The highest BCUT2D eigenvalue weighted by Crippen LogP contribution is 2.42. The van der Waals surface area contributed by atoms with Crippen molar-refractivity contribution in [2.45, 2.75) is 90.6 Å². The number of hydrogen-bond donors (Lipinski definition) is 3. The highest BCUT2D eigenvalue weighted by molar-refractivity contribution is 7.32. The van der Waals surface area contributed by atoms with Crippen LogP contribution in [0.3, 0.4) is 0 Å². The average molecular weight is 509 g/mol. The van der Waals surface area contributed by atoms with Gasteiger partial charge in [0.1, 0.15) is 17.8 Å². The topological polar surface area (TPSA) is 151 Å². The minimum absolute atomic E-state index is 0.0988. The molecule has 6 atom stereocenters. The van der Waals surface area contributed by atoms with Crippen LogP contribution in [0, 0.1) is 11.3 Å². The molecule has 192 valence electrons. The zero-order valence-electron chi connectivity index (χ0n) is 20.6. The SMILES string of the molecule is CCCC(NC(=O)[C@H]1C[C@@H]2CCC[C@@H]2N1C(=O)[C@@H](NC(=O)c1cnccn1)C(C)(C)C)O[P+](=O)O. The summed E-state index contributed by atoms with van der Waals surface area (Å²) in [6, 6.07) is -1.76. The Kier molecular flexibility index (Phi) is 8.90. The number of rotatable bonds is 9. The summed E-state index contributed by atoms with van der Waals surface area (Å²) >= 11 is 0. The van der Waals surface area contributed by atoms with E-state index < -0.39 is 43.8 Å². The van der Waals surface area contributed by atoms with E-state index in [1.165, 1.54) is 18.6 Å². The molecule has 3 N–H and O–H groups in total. The fourth-order valence-corrected chi connectivity index (χ4v) is 5.41. The first-order chi connectivity index (χ1) is 16.5. The van der Waals surface area contributed by atoms with Crippen molar-refractivity contribution in [1.29, 1.82) is 0 Å². The molecule has 12 heteroatoms. The number of carbonyl (C=O) groups excluding carboxylic acids is 3. The van der Waals surface area contributed by atoms with Crippen molar-refractivity contribution in [2.75, 3.05) is 0 Å². The molecule has 2 aliphatic rings. The molecule has 2 unspecified atom stereocenters. The predicted molar refractivity (Wildman–Crippen MR) is 127 cm³/mol. The lowest BCUT2D eigenvalue weighted by Gasteiger charge is -2.38. The van der Waals surface area contributed by atoms with Crippen LogP contribution < -0.4 is 10.6 Å². The van der Waals surface area contributed by atoms with Crippen LogP contribution in [0.15, 0.2) is 18.6 Å². The third kappa shape index (κ3) is 6.59. The maximum Gasteiger partial charge on any atom is 0.696 e. The minimum Gasteiger partial charge on any atom is -0.338 e. The Hall–Kier alpha value is -2.49. The molecule has 0 radical (unpaired) electrons. The summed E-state index contributed by atoms with van der Waals surface area (Å²) in [6.07, 6.45) is 7.43. The van der Waals surface area contributed by atoms with E-state index in [2.05, 4.69) is 20.6 Å². The average Bonchev–Trinajstić information content (AvgIpc) is 3.38. The van der Waals surface area contributed by atoms with Crippen LogP contribution >= 0.6 is 8.25 Å². The standard InChI is InChI=1S/C23H34N5O6P/c1-5-7-18(34-35(32)33)26-21(30)17-12-14-8-6-9-16(14)28(17)22(31)19(23(2,3)4)27-20(29)15-13-24-10-11-25-15/h10-11,13-14,16-19H,5-9,12H2,1-4H3,(H2-,26,27,29,30,32,33)/p+1/t14-,16-,17+,18?,19+/m0/s1. The van der Waals surface area contributed by atoms with Gasteiger partial charge in [-0.3, -0.25) is 19.4 Å². The van der Waals surface area contributed by atoms with Gasteiger partial charge in [0.05, 0.1) is 6.20 Å². The van der Waals surface area contributed by atoms with Gasteiger partial charge < -0.3 is 15.5 Å². The van der Waals surface area contributed by atoms with Crippen molar-refractivity contribution in [3.63, 3.8) is 0 Å². The van der Waals surface area contributed by atoms with Gasteiger partial charge in [-0.15, -0.1) is 4.89 Å². The number of aromatic nitrogens is 2. The highest BCUT2D eigenvalue weighted by Gasteiger charge is 2.51. The first-order valence-electron chi connectivity index (χ1n) is 12.0. The molecule has 11 nitrogen and oxygen atoms in total. The summed E-state index contributed by atoms with van der Waals surface area (Å²) in [6.45, 7) is 7.43. The Balaban J connectivity index is 1.85. The summed E-state index contributed by atoms with van der Waals surface area (Å²) in [5.74, 6) is -1.08. The van der Waals surface area contributed by atoms with Gasteiger partial charge in [-0.05, 0) is 37.0 Å². The second-order valence-electron chi connectivity index (χ2n) is 10.2. The van der Waals surface area contributed by atoms with E-state index in [1.54, 1.807) is 4.90 Å². The number of carbonyl (C=O) groups is 3. The van der Waals surface area contributed by atoms with Crippen LogP contribution in [0.4, 0.5) is 0 Å². The van der Waals surface area contributed by atoms with E-state index >= 15 is 0 Å². The quantitative estimate of drug-likeness (QED) is 0.340. The molecule has 0 spiro atoms. The zero-order valence-corrected chi connectivity index (χ0v) is 21.5. The number of fused-ring (bicyclic) bond motifs is 1. The lowest BCUT2D eigenvalue weighted by Crippen LogP contribution is -2.60. The Bertz CT molecular complexity index is 940. The lowest BCUT2D eigenvalue weighted by molar-refractivity contribution is -0.145. The molecule has 1 aromatic rings. The Morgan fingerprint density at radius 2 is 2.00 bits per heavy atom. The molecule has 3 amide bonds. The fraction of sp³-hybridized carbons (Fsp3) is 0.696. The molecular weight excluding hydrogens is 473 g/mol. The lowest BCUT2D eigenvalue weighted by atomic mass is 9.85. The molecule has 35 heavy (non-hydrogen) atoms. The van der Waals surface area contributed by atoms with Crippen LogP contribution in [0.25, 0.3) is 0 Å². The molecule has 1 aliphatic heterocycles. The van der Waals surface area contributed by atoms with Crippen LogP contribution in [0.1, 0.15) is 76.7 Å². The maximum atomic E-state index is 14.0. The van der Waals surface area contributed by atoms with E-state index in [-0.39, 0.29) is 23.6 Å². The van der Waals surface area contributed by atoms with Crippen LogP contribution in [-0.2, 0) is 18.7 Å². The van der Waals surface area contributed by atoms with Gasteiger partial charge >= 0.3 is 8.25 Å². The van der Waals surface area contributed by atoms with Crippen LogP contribution in [0.5, 0.6) is 0 Å². The number of nitrogens with one attached hydrogen (secondary N) is 2. The van der Waals surface area contributed by atoms with E-state index in [4.69, 9.17) is 9.42 Å². The first kappa shape index (κ1) is 27.1. The Labute approximate surface area is 206 Å². The normalized spacial score (nSPS) is 23.9. The summed E-state index contributed by atoms with van der Waals surface area (Å²) in [5.41, 5.74) is -0.544. The van der Waals surface area contributed by atoms with Crippen molar-refractivity contribution in [3.05, 3.63) is 24.3 Å². The molecule has 2 heterocycles. The molecular formula is C23H35N5O6P+. The molecule has 1 saturated heterocycles. The molecule has 2 fully saturated rings. The summed E-state index contributed by atoms with van der Waals surface area (Å²) in [4.78, 5) is 58.9. The molecule has 1 aromatic heterocycles. The molecule has 1 saturated carbocycles. The number of likely N-dealkylation sites (tertiary alicyclic amines) is 1. The predicted octanol–water partition coefficient (Wildman–Crippen LogP) is 2.30. The first-order valence-corrected chi connectivity index (χ1v) is 13.2. The van der Waals surface area contributed by atoms with Gasteiger partial charge in [-0.25, -0.2) is 4.98 Å². The second kappa shape index (κ2) is 11.5. The fourth-order valence-electron chi connectivity index (χ4n) is 5.04. The third-order valence-electron chi connectivity index (χ3n) is 6.65. The number of amides is 3. The smallest absolute Gasteiger partial charge is 0.338 e. The summed E-state index contributed by atoms with van der Waals surface area (Å²) in [5, 5.41) is 5.52. The van der Waals surface area contributed by atoms with Crippen molar-refractivity contribution in [3.8, 4) is 0 Å². The van der Waals surface area contributed by atoms with Crippen molar-refractivity contribution >= 4 is 26.0 Å². The molecule has 0 aromatic carbocycles. The monoisotopic (exact) mass is 508 g/mol. The van der Waals surface area contributed by atoms with Gasteiger partial charge in [-0.1, -0.05) is 45.1 Å². The minimum atomic E-state index is -2.89. The third-order valence-corrected chi connectivity index (χ3v) is 7.09. The highest BCUT2D eigenvalue weighted by atomic mass is 31.1. The zero-order chi connectivity index (χ0) is 25.8. The van der Waals surface area contributed by atoms with E-state index in [1.807, 2.05) is 27.7 Å².